The maximum Gasteiger partial charge on any atom is 0.128 e. The number of benzene rings is 1. The van der Waals surface area contributed by atoms with Crippen LogP contribution >= 0.6 is 22.6 Å². The molecule has 1 aliphatic rings. The predicted molar refractivity (Wildman–Crippen MR) is 81.1 cm³/mol. The summed E-state index contributed by atoms with van der Waals surface area (Å²) in [7, 11) is 0. The van der Waals surface area contributed by atoms with Crippen LogP contribution in [-0.2, 0) is 0 Å². The van der Waals surface area contributed by atoms with Gasteiger partial charge in [-0.25, -0.2) is 4.39 Å². The molecule has 0 saturated carbocycles. The summed E-state index contributed by atoms with van der Waals surface area (Å²) < 4.78 is 15.1. The van der Waals surface area contributed by atoms with Gasteiger partial charge in [0, 0.05) is 41.4 Å². The van der Waals surface area contributed by atoms with Crippen LogP contribution in [0.1, 0.15) is 18.0 Å². The summed E-state index contributed by atoms with van der Waals surface area (Å²) >= 11 is 2.23. The number of piperazine rings is 1. The van der Waals surface area contributed by atoms with E-state index in [4.69, 9.17) is 0 Å². The molecule has 0 aliphatic carbocycles. The fourth-order valence-corrected chi connectivity index (χ4v) is 2.91. The van der Waals surface area contributed by atoms with Gasteiger partial charge in [0.1, 0.15) is 5.82 Å². The standard InChI is InChI=1S/C14H18FIN2/c1-2-3-14(18-8-6-17-7-9-18)12-10-11(16)4-5-13(12)15/h2,4-5,10,14,17H,1,3,6-9H2/t14-/m1/s1. The number of nitrogens with zero attached hydrogens (tertiary/aromatic N) is 1. The molecule has 1 aromatic carbocycles. The third-order valence-corrected chi connectivity index (χ3v) is 3.97. The number of hydrogen-bond acceptors (Lipinski definition) is 2. The van der Waals surface area contributed by atoms with Crippen LogP contribution in [0.2, 0.25) is 0 Å². The van der Waals surface area contributed by atoms with Crippen molar-refractivity contribution in [2.75, 3.05) is 26.2 Å². The summed E-state index contributed by atoms with van der Waals surface area (Å²) in [4.78, 5) is 2.34. The molecular weight excluding hydrogens is 342 g/mol. The van der Waals surface area contributed by atoms with Gasteiger partial charge in [-0.3, -0.25) is 4.90 Å². The summed E-state index contributed by atoms with van der Waals surface area (Å²) in [6.07, 6.45) is 2.67. The molecule has 1 saturated heterocycles. The van der Waals surface area contributed by atoms with Gasteiger partial charge in [0.2, 0.25) is 0 Å². The lowest BCUT2D eigenvalue weighted by Crippen LogP contribution is -2.45. The second kappa shape index (κ2) is 6.63. The SMILES string of the molecule is C=CC[C@H](c1cc(I)ccc1F)N1CCNCC1. The maximum atomic E-state index is 14.0. The Morgan fingerprint density at radius 2 is 2.17 bits per heavy atom. The van der Waals surface area contributed by atoms with E-state index in [0.717, 1.165) is 41.7 Å². The summed E-state index contributed by atoms with van der Waals surface area (Å²) in [5.41, 5.74) is 0.795. The Kier molecular flexibility index (Phi) is 5.14. The molecule has 0 amide bonds. The third-order valence-electron chi connectivity index (χ3n) is 3.30. The van der Waals surface area contributed by atoms with E-state index in [0.29, 0.717) is 0 Å². The molecule has 2 rings (SSSR count). The monoisotopic (exact) mass is 360 g/mol. The summed E-state index contributed by atoms with van der Waals surface area (Å²) in [5.74, 6) is -0.110. The molecule has 0 spiro atoms. The largest absolute Gasteiger partial charge is 0.314 e. The minimum atomic E-state index is -0.110. The molecule has 0 aromatic heterocycles. The van der Waals surface area contributed by atoms with Crippen molar-refractivity contribution in [3.63, 3.8) is 0 Å². The van der Waals surface area contributed by atoms with E-state index in [9.17, 15) is 4.39 Å². The molecule has 0 bridgehead atoms. The zero-order chi connectivity index (χ0) is 13.0. The Hall–Kier alpha value is -0.460. The number of hydrogen-bond donors (Lipinski definition) is 1. The lowest BCUT2D eigenvalue weighted by atomic mass is 10.0. The van der Waals surface area contributed by atoms with E-state index in [-0.39, 0.29) is 11.9 Å². The van der Waals surface area contributed by atoms with E-state index in [1.54, 1.807) is 6.07 Å². The zero-order valence-corrected chi connectivity index (χ0v) is 12.5. The van der Waals surface area contributed by atoms with Crippen LogP contribution in [0.25, 0.3) is 0 Å². The molecule has 98 valence electrons. The molecule has 1 aliphatic heterocycles. The van der Waals surface area contributed by atoms with Crippen LogP contribution in [-0.4, -0.2) is 31.1 Å². The van der Waals surface area contributed by atoms with Crippen LogP contribution in [0.5, 0.6) is 0 Å². The second-order valence-electron chi connectivity index (χ2n) is 4.49. The Morgan fingerprint density at radius 1 is 1.44 bits per heavy atom. The smallest absolute Gasteiger partial charge is 0.128 e. The Morgan fingerprint density at radius 3 is 2.83 bits per heavy atom. The van der Waals surface area contributed by atoms with Gasteiger partial charge in [-0.15, -0.1) is 6.58 Å². The highest BCUT2D eigenvalue weighted by Crippen LogP contribution is 2.28. The second-order valence-corrected chi connectivity index (χ2v) is 5.74. The highest BCUT2D eigenvalue weighted by atomic mass is 127. The molecule has 1 fully saturated rings. The lowest BCUT2D eigenvalue weighted by molar-refractivity contribution is 0.171. The fraction of sp³-hybridized carbons (Fsp3) is 0.429. The first-order valence-corrected chi connectivity index (χ1v) is 7.31. The Bertz CT molecular complexity index is 416. The third kappa shape index (κ3) is 3.30. The minimum absolute atomic E-state index is 0.110. The quantitative estimate of drug-likeness (QED) is 0.656. The van der Waals surface area contributed by atoms with Gasteiger partial charge in [-0.05, 0) is 47.2 Å². The van der Waals surface area contributed by atoms with Gasteiger partial charge in [-0.1, -0.05) is 6.08 Å². The van der Waals surface area contributed by atoms with Crippen LogP contribution in [0.15, 0.2) is 30.9 Å². The highest BCUT2D eigenvalue weighted by Gasteiger charge is 2.23. The van der Waals surface area contributed by atoms with Crippen molar-refractivity contribution in [3.05, 3.63) is 45.8 Å². The van der Waals surface area contributed by atoms with Gasteiger partial charge in [0.05, 0.1) is 0 Å². The Balaban J connectivity index is 2.27. The van der Waals surface area contributed by atoms with Crippen molar-refractivity contribution in [1.82, 2.24) is 10.2 Å². The summed E-state index contributed by atoms with van der Waals surface area (Å²) in [6.45, 7) is 7.67. The number of rotatable bonds is 4. The first-order valence-electron chi connectivity index (χ1n) is 6.23. The minimum Gasteiger partial charge on any atom is -0.314 e. The van der Waals surface area contributed by atoms with Crippen LogP contribution in [0, 0.1) is 9.39 Å². The van der Waals surface area contributed by atoms with E-state index in [1.165, 1.54) is 0 Å². The van der Waals surface area contributed by atoms with Crippen LogP contribution in [0.3, 0.4) is 0 Å². The molecule has 1 atom stereocenters. The van der Waals surface area contributed by atoms with Gasteiger partial charge in [0.25, 0.3) is 0 Å². The first kappa shape index (κ1) is 14.0. The molecule has 2 nitrogen and oxygen atoms in total. The average molecular weight is 360 g/mol. The molecule has 4 heteroatoms. The van der Waals surface area contributed by atoms with Crippen molar-refractivity contribution < 1.29 is 4.39 Å². The van der Waals surface area contributed by atoms with Gasteiger partial charge < -0.3 is 5.32 Å². The van der Waals surface area contributed by atoms with E-state index >= 15 is 0 Å². The number of nitrogens with one attached hydrogen (secondary N) is 1. The molecule has 1 N–H and O–H groups in total. The average Bonchev–Trinajstić information content (AvgIpc) is 2.40. The van der Waals surface area contributed by atoms with Crippen LogP contribution in [0.4, 0.5) is 4.39 Å². The molecular formula is C14H18FIN2. The number of halogens is 2. The first-order chi connectivity index (χ1) is 8.72. The van der Waals surface area contributed by atoms with Crippen molar-refractivity contribution in [2.45, 2.75) is 12.5 Å². The highest BCUT2D eigenvalue weighted by molar-refractivity contribution is 14.1. The molecule has 1 heterocycles. The molecule has 0 unspecified atom stereocenters. The maximum absolute atomic E-state index is 14.0. The zero-order valence-electron chi connectivity index (χ0n) is 10.3. The van der Waals surface area contributed by atoms with Crippen LogP contribution < -0.4 is 5.32 Å². The van der Waals surface area contributed by atoms with E-state index in [2.05, 4.69) is 39.4 Å². The van der Waals surface area contributed by atoms with Gasteiger partial charge in [-0.2, -0.15) is 0 Å². The van der Waals surface area contributed by atoms with Crippen molar-refractivity contribution >= 4 is 22.6 Å². The normalized spacial score (nSPS) is 18.6. The molecule has 1 aromatic rings. The fourth-order valence-electron chi connectivity index (χ4n) is 2.39. The summed E-state index contributed by atoms with van der Waals surface area (Å²) in [6, 6.07) is 5.43. The van der Waals surface area contributed by atoms with E-state index < -0.39 is 0 Å². The Labute approximate surface area is 121 Å². The van der Waals surface area contributed by atoms with Crippen molar-refractivity contribution in [2.24, 2.45) is 0 Å². The lowest BCUT2D eigenvalue weighted by Gasteiger charge is -2.35. The topological polar surface area (TPSA) is 15.3 Å². The van der Waals surface area contributed by atoms with Crippen molar-refractivity contribution in [3.8, 4) is 0 Å². The molecule has 18 heavy (non-hydrogen) atoms. The predicted octanol–water partition coefficient (Wildman–Crippen LogP) is 2.95. The van der Waals surface area contributed by atoms with Gasteiger partial charge in [0.15, 0.2) is 0 Å². The van der Waals surface area contributed by atoms with Crippen molar-refractivity contribution in [1.29, 1.82) is 0 Å². The summed E-state index contributed by atoms with van der Waals surface area (Å²) in [5, 5.41) is 3.33. The van der Waals surface area contributed by atoms with Gasteiger partial charge >= 0.3 is 0 Å². The van der Waals surface area contributed by atoms with E-state index in [1.807, 2.05) is 18.2 Å². The molecule has 0 radical (unpaired) electrons.